The molecular formula is C26H25F2N3O6S. The van der Waals surface area contributed by atoms with Crippen LogP contribution < -0.4 is 14.8 Å². The third kappa shape index (κ3) is 6.84. The zero-order valence-electron chi connectivity index (χ0n) is 20.1. The summed E-state index contributed by atoms with van der Waals surface area (Å²) in [6.07, 6.45) is 0.547. The number of benzene rings is 3. The third-order valence-corrected chi connectivity index (χ3v) is 7.25. The molecule has 9 nitrogen and oxygen atoms in total. The van der Waals surface area contributed by atoms with Crippen LogP contribution >= 0.6 is 0 Å². The fourth-order valence-corrected chi connectivity index (χ4v) is 4.84. The summed E-state index contributed by atoms with van der Waals surface area (Å²) in [5, 5.41) is 12.0. The summed E-state index contributed by atoms with van der Waals surface area (Å²) in [7, 11) is -4.21. The molecule has 4 rings (SSSR count). The van der Waals surface area contributed by atoms with Crippen LogP contribution in [-0.2, 0) is 14.8 Å². The number of carbonyl (C=O) groups excluding carboxylic acids is 2. The van der Waals surface area contributed by atoms with Crippen molar-refractivity contribution in [2.45, 2.75) is 23.8 Å². The van der Waals surface area contributed by atoms with E-state index in [4.69, 9.17) is 4.74 Å². The van der Waals surface area contributed by atoms with Crippen LogP contribution in [-0.4, -0.2) is 56.0 Å². The molecule has 0 aliphatic carbocycles. The second-order valence-electron chi connectivity index (χ2n) is 8.62. The first-order valence-electron chi connectivity index (χ1n) is 11.7. The first kappa shape index (κ1) is 27.0. The van der Waals surface area contributed by atoms with E-state index in [1.54, 1.807) is 4.90 Å². The predicted molar refractivity (Wildman–Crippen MR) is 134 cm³/mol. The number of sulfonamides is 1. The lowest BCUT2D eigenvalue weighted by molar-refractivity contribution is -0.132. The van der Waals surface area contributed by atoms with E-state index in [1.807, 2.05) is 0 Å². The minimum absolute atomic E-state index is 0.00883. The van der Waals surface area contributed by atoms with E-state index in [-0.39, 0.29) is 40.1 Å². The van der Waals surface area contributed by atoms with Crippen molar-refractivity contribution in [2.75, 3.05) is 24.4 Å². The molecule has 3 aromatic carbocycles. The third-order valence-electron chi connectivity index (χ3n) is 5.87. The molecule has 1 aliphatic heterocycles. The first-order valence-corrected chi connectivity index (χ1v) is 13.2. The fourth-order valence-electron chi connectivity index (χ4n) is 3.77. The van der Waals surface area contributed by atoms with Gasteiger partial charge in [0.1, 0.15) is 17.4 Å². The second-order valence-corrected chi connectivity index (χ2v) is 10.3. The van der Waals surface area contributed by atoms with E-state index in [1.165, 1.54) is 42.5 Å². The quantitative estimate of drug-likeness (QED) is 0.399. The zero-order chi connectivity index (χ0) is 27.3. The molecule has 38 heavy (non-hydrogen) atoms. The molecule has 3 aromatic rings. The maximum atomic E-state index is 13.9. The number of hydrogen-bond acceptors (Lipinski definition) is 6. The van der Waals surface area contributed by atoms with Gasteiger partial charge in [0.15, 0.2) is 5.75 Å². The monoisotopic (exact) mass is 545 g/mol. The number of amides is 2. The van der Waals surface area contributed by atoms with E-state index >= 15 is 0 Å². The van der Waals surface area contributed by atoms with Gasteiger partial charge in [0.2, 0.25) is 5.91 Å². The lowest BCUT2D eigenvalue weighted by Gasteiger charge is -2.29. The molecule has 200 valence electrons. The first-order chi connectivity index (χ1) is 18.1. The zero-order valence-corrected chi connectivity index (χ0v) is 20.9. The Balaban J connectivity index is 1.41. The highest BCUT2D eigenvalue weighted by molar-refractivity contribution is 7.92. The number of rotatable bonds is 8. The molecule has 2 amide bonds. The molecule has 0 unspecified atom stereocenters. The van der Waals surface area contributed by atoms with E-state index in [0.717, 1.165) is 24.3 Å². The van der Waals surface area contributed by atoms with Crippen LogP contribution in [0.4, 0.5) is 14.5 Å². The van der Waals surface area contributed by atoms with Crippen molar-refractivity contribution in [1.29, 1.82) is 0 Å². The largest absolute Gasteiger partial charge is 0.455 e. The highest BCUT2D eigenvalue weighted by Crippen LogP contribution is 2.32. The van der Waals surface area contributed by atoms with Gasteiger partial charge in [-0.25, -0.2) is 17.2 Å². The van der Waals surface area contributed by atoms with Crippen LogP contribution in [0.15, 0.2) is 71.6 Å². The number of likely N-dealkylation sites (tertiary alicyclic amines) is 1. The van der Waals surface area contributed by atoms with Crippen LogP contribution in [0.25, 0.3) is 0 Å². The minimum atomic E-state index is -4.21. The molecule has 3 N–H and O–H groups in total. The molecule has 1 aliphatic rings. The average molecular weight is 546 g/mol. The van der Waals surface area contributed by atoms with Gasteiger partial charge in [-0.15, -0.1) is 0 Å². The van der Waals surface area contributed by atoms with Crippen LogP contribution in [0, 0.1) is 11.6 Å². The highest BCUT2D eigenvalue weighted by Gasteiger charge is 2.22. The molecule has 1 heterocycles. The van der Waals surface area contributed by atoms with Gasteiger partial charge in [-0.2, -0.15) is 0 Å². The Morgan fingerprint density at radius 3 is 2.24 bits per heavy atom. The maximum absolute atomic E-state index is 13.9. The highest BCUT2D eigenvalue weighted by atomic mass is 32.2. The van der Waals surface area contributed by atoms with Gasteiger partial charge in [-0.1, -0.05) is 0 Å². The number of halogens is 2. The lowest BCUT2D eigenvalue weighted by atomic mass is 10.1. The number of aliphatic hydroxyl groups excluding tert-OH is 1. The molecule has 1 fully saturated rings. The van der Waals surface area contributed by atoms with Crippen molar-refractivity contribution < 1.29 is 36.6 Å². The summed E-state index contributed by atoms with van der Waals surface area (Å²) in [6, 6.07) is 13.2. The summed E-state index contributed by atoms with van der Waals surface area (Å²) >= 11 is 0. The standard InChI is InChI=1S/C26H25F2N3O6S/c27-18-3-6-21(7-4-18)37-24-10-5-19(28)15-23(24)30-38(35,36)22-8-1-17(2-9-22)26(34)29-16-25(33)31-13-11-20(32)12-14-31/h1-10,15,20,30,32H,11-14,16H2,(H,29,34). The number of ether oxygens (including phenoxy) is 1. The van der Waals surface area contributed by atoms with Gasteiger partial charge >= 0.3 is 0 Å². The van der Waals surface area contributed by atoms with Crippen LogP contribution in [0.5, 0.6) is 11.5 Å². The van der Waals surface area contributed by atoms with Gasteiger partial charge in [0.25, 0.3) is 15.9 Å². The van der Waals surface area contributed by atoms with E-state index in [2.05, 4.69) is 10.0 Å². The number of nitrogens with one attached hydrogen (secondary N) is 2. The molecule has 0 aromatic heterocycles. The Morgan fingerprint density at radius 1 is 0.947 bits per heavy atom. The summed E-state index contributed by atoms with van der Waals surface area (Å²) in [4.78, 5) is 26.1. The number of aliphatic hydroxyl groups is 1. The van der Waals surface area contributed by atoms with Crippen molar-refractivity contribution in [1.82, 2.24) is 10.2 Å². The topological polar surface area (TPSA) is 125 Å². The Morgan fingerprint density at radius 2 is 1.58 bits per heavy atom. The van der Waals surface area contributed by atoms with Crippen molar-refractivity contribution in [3.63, 3.8) is 0 Å². The van der Waals surface area contributed by atoms with Crippen LogP contribution in [0.2, 0.25) is 0 Å². The number of anilines is 1. The number of nitrogens with zero attached hydrogens (tertiary/aromatic N) is 1. The van der Waals surface area contributed by atoms with Crippen LogP contribution in [0.1, 0.15) is 23.2 Å². The SMILES string of the molecule is O=C(NCC(=O)N1CCC(O)CC1)c1ccc(S(=O)(=O)Nc2cc(F)ccc2Oc2ccc(F)cc2)cc1. The van der Waals surface area contributed by atoms with E-state index < -0.39 is 33.7 Å². The van der Waals surface area contributed by atoms with Crippen molar-refractivity contribution in [3.05, 3.63) is 83.9 Å². The summed E-state index contributed by atoms with van der Waals surface area (Å²) in [5.74, 6) is -1.83. The molecule has 0 atom stereocenters. The number of piperidine rings is 1. The van der Waals surface area contributed by atoms with E-state index in [0.29, 0.717) is 25.9 Å². The summed E-state index contributed by atoms with van der Waals surface area (Å²) < 4.78 is 60.8. The fraction of sp³-hybridized carbons (Fsp3) is 0.231. The average Bonchev–Trinajstić information content (AvgIpc) is 2.90. The Hall–Kier alpha value is -4.03. The number of hydrogen-bond donors (Lipinski definition) is 3. The lowest BCUT2D eigenvalue weighted by Crippen LogP contribution is -2.45. The van der Waals surface area contributed by atoms with Gasteiger partial charge < -0.3 is 20.1 Å². The minimum Gasteiger partial charge on any atom is -0.455 e. The van der Waals surface area contributed by atoms with Gasteiger partial charge in [0, 0.05) is 24.7 Å². The molecule has 0 bridgehead atoms. The Bertz CT molecular complexity index is 1410. The van der Waals surface area contributed by atoms with Crippen LogP contribution in [0.3, 0.4) is 0 Å². The van der Waals surface area contributed by atoms with E-state index in [9.17, 15) is 31.9 Å². The second kappa shape index (κ2) is 11.6. The van der Waals surface area contributed by atoms with Gasteiger partial charge in [0.05, 0.1) is 23.2 Å². The molecular weight excluding hydrogens is 520 g/mol. The van der Waals surface area contributed by atoms with Crippen molar-refractivity contribution in [2.24, 2.45) is 0 Å². The molecule has 0 spiro atoms. The summed E-state index contributed by atoms with van der Waals surface area (Å²) in [5.41, 5.74) is -0.0446. The van der Waals surface area contributed by atoms with Crippen molar-refractivity contribution in [3.8, 4) is 11.5 Å². The van der Waals surface area contributed by atoms with Gasteiger partial charge in [-0.05, 0) is 73.5 Å². The van der Waals surface area contributed by atoms with Crippen molar-refractivity contribution >= 4 is 27.5 Å². The molecule has 0 radical (unpaired) electrons. The summed E-state index contributed by atoms with van der Waals surface area (Å²) in [6.45, 7) is 0.599. The normalized spacial score (nSPS) is 14.1. The number of carbonyl (C=O) groups is 2. The maximum Gasteiger partial charge on any atom is 0.262 e. The molecule has 1 saturated heterocycles. The molecule has 12 heteroatoms. The predicted octanol–water partition coefficient (Wildman–Crippen LogP) is 3.27. The Kier molecular flexibility index (Phi) is 8.23. The van der Waals surface area contributed by atoms with Gasteiger partial charge in [-0.3, -0.25) is 14.3 Å². The smallest absolute Gasteiger partial charge is 0.262 e. The Labute approximate surface area is 218 Å². The molecule has 0 saturated carbocycles.